The van der Waals surface area contributed by atoms with Crippen LogP contribution in [-0.4, -0.2) is 55.1 Å². The van der Waals surface area contributed by atoms with Crippen LogP contribution in [-0.2, 0) is 9.47 Å². The first kappa shape index (κ1) is 15.0. The fourth-order valence-electron chi connectivity index (χ4n) is 2.78. The van der Waals surface area contributed by atoms with Gasteiger partial charge in [-0.3, -0.25) is 4.90 Å². The Balaban J connectivity index is 1.45. The molecule has 0 aliphatic carbocycles. The summed E-state index contributed by atoms with van der Waals surface area (Å²) in [5, 5.41) is 0.629. The van der Waals surface area contributed by atoms with Crippen molar-refractivity contribution < 1.29 is 14.2 Å². The Labute approximate surface area is 130 Å². The molecule has 0 amide bonds. The third-order valence-corrected chi connectivity index (χ3v) is 4.05. The molecule has 0 unspecified atom stereocenters. The Morgan fingerprint density at radius 3 is 2.95 bits per heavy atom. The summed E-state index contributed by atoms with van der Waals surface area (Å²) >= 11 is 5.83. The molecule has 2 aliphatic heterocycles. The van der Waals surface area contributed by atoms with Crippen LogP contribution in [0.1, 0.15) is 19.3 Å². The lowest BCUT2D eigenvalue weighted by molar-refractivity contribution is -0.0543. The lowest BCUT2D eigenvalue weighted by Crippen LogP contribution is -2.42. The second-order valence-corrected chi connectivity index (χ2v) is 5.89. The molecule has 3 rings (SSSR count). The Hall–Kier alpha value is -0.880. The highest BCUT2D eigenvalue weighted by Gasteiger charge is 2.23. The standard InChI is InChI=1S/C15H21ClN2O3/c16-12-3-4-14(17-10-12)21-13-2-1-6-18(11-13)7-5-15-19-8-9-20-15/h3-4,10,13,15H,1-2,5-9,11H2/t13-/m0/s1. The molecule has 0 aromatic carbocycles. The van der Waals surface area contributed by atoms with Crippen LogP contribution in [0.5, 0.6) is 5.88 Å². The predicted octanol–water partition coefficient (Wildman–Crippen LogP) is 2.34. The van der Waals surface area contributed by atoms with E-state index in [0.717, 1.165) is 52.1 Å². The van der Waals surface area contributed by atoms with Crippen LogP contribution < -0.4 is 4.74 Å². The minimum absolute atomic E-state index is 0.0239. The first-order chi connectivity index (χ1) is 10.3. The number of piperidine rings is 1. The number of hydrogen-bond donors (Lipinski definition) is 0. The second-order valence-electron chi connectivity index (χ2n) is 5.46. The van der Waals surface area contributed by atoms with E-state index in [9.17, 15) is 0 Å². The molecule has 0 spiro atoms. The molecule has 1 aromatic heterocycles. The largest absolute Gasteiger partial charge is 0.473 e. The number of rotatable bonds is 5. The molecule has 6 heteroatoms. The highest BCUT2D eigenvalue weighted by atomic mass is 35.5. The van der Waals surface area contributed by atoms with Crippen molar-refractivity contribution in [2.75, 3.05) is 32.8 Å². The fraction of sp³-hybridized carbons (Fsp3) is 0.667. The maximum absolute atomic E-state index is 5.94. The van der Waals surface area contributed by atoms with Crippen LogP contribution in [0.2, 0.25) is 5.02 Å². The quantitative estimate of drug-likeness (QED) is 0.835. The van der Waals surface area contributed by atoms with E-state index in [4.69, 9.17) is 25.8 Å². The molecule has 1 aromatic rings. The van der Waals surface area contributed by atoms with Gasteiger partial charge in [0.05, 0.1) is 18.2 Å². The minimum Gasteiger partial charge on any atom is -0.473 e. The van der Waals surface area contributed by atoms with Crippen molar-refractivity contribution >= 4 is 11.6 Å². The van der Waals surface area contributed by atoms with Gasteiger partial charge in [0, 0.05) is 31.8 Å². The lowest BCUT2D eigenvalue weighted by Gasteiger charge is -2.32. The first-order valence-electron chi connectivity index (χ1n) is 7.53. The molecule has 1 atom stereocenters. The number of pyridine rings is 1. The summed E-state index contributed by atoms with van der Waals surface area (Å²) in [5.74, 6) is 0.647. The number of likely N-dealkylation sites (tertiary alicyclic amines) is 1. The third kappa shape index (κ3) is 4.54. The summed E-state index contributed by atoms with van der Waals surface area (Å²) in [6, 6.07) is 3.63. The highest BCUT2D eigenvalue weighted by molar-refractivity contribution is 6.30. The summed E-state index contributed by atoms with van der Waals surface area (Å²) in [6.45, 7) is 4.47. The maximum atomic E-state index is 5.94. The zero-order valence-electron chi connectivity index (χ0n) is 12.0. The Morgan fingerprint density at radius 1 is 1.33 bits per heavy atom. The number of nitrogens with zero attached hydrogens (tertiary/aromatic N) is 2. The number of halogens is 1. The van der Waals surface area contributed by atoms with Crippen molar-refractivity contribution in [2.24, 2.45) is 0 Å². The summed E-state index contributed by atoms with van der Waals surface area (Å²) < 4.78 is 16.9. The topological polar surface area (TPSA) is 43.8 Å². The summed E-state index contributed by atoms with van der Waals surface area (Å²) in [5.41, 5.74) is 0. The second kappa shape index (κ2) is 7.40. The number of aromatic nitrogens is 1. The van der Waals surface area contributed by atoms with Gasteiger partial charge in [0.1, 0.15) is 6.10 Å². The van der Waals surface area contributed by atoms with Crippen LogP contribution in [0.15, 0.2) is 18.3 Å². The van der Waals surface area contributed by atoms with Gasteiger partial charge in [0.15, 0.2) is 6.29 Å². The van der Waals surface area contributed by atoms with Gasteiger partial charge in [0.25, 0.3) is 0 Å². The van der Waals surface area contributed by atoms with Crippen molar-refractivity contribution in [3.05, 3.63) is 23.4 Å². The summed E-state index contributed by atoms with van der Waals surface area (Å²) in [7, 11) is 0. The van der Waals surface area contributed by atoms with Gasteiger partial charge in [-0.25, -0.2) is 4.98 Å². The third-order valence-electron chi connectivity index (χ3n) is 3.82. The molecule has 0 N–H and O–H groups in total. The average Bonchev–Trinajstić information content (AvgIpc) is 3.01. The summed E-state index contributed by atoms with van der Waals surface area (Å²) in [6.07, 6.45) is 4.92. The SMILES string of the molecule is Clc1ccc(O[C@H]2CCCN(CCC3OCCO3)C2)nc1. The Kier molecular flexibility index (Phi) is 5.30. The molecule has 21 heavy (non-hydrogen) atoms. The van der Waals surface area contributed by atoms with Crippen molar-refractivity contribution in [2.45, 2.75) is 31.7 Å². The van der Waals surface area contributed by atoms with Crippen molar-refractivity contribution in [3.8, 4) is 5.88 Å². The fourth-order valence-corrected chi connectivity index (χ4v) is 2.89. The lowest BCUT2D eigenvalue weighted by atomic mass is 10.1. The van der Waals surface area contributed by atoms with Gasteiger partial charge >= 0.3 is 0 Å². The Morgan fingerprint density at radius 2 is 2.19 bits per heavy atom. The highest BCUT2D eigenvalue weighted by Crippen LogP contribution is 2.19. The van der Waals surface area contributed by atoms with Gasteiger partial charge in [-0.2, -0.15) is 0 Å². The van der Waals surface area contributed by atoms with E-state index in [1.54, 1.807) is 12.3 Å². The zero-order valence-corrected chi connectivity index (χ0v) is 12.8. The smallest absolute Gasteiger partial charge is 0.213 e. The van der Waals surface area contributed by atoms with E-state index in [1.807, 2.05) is 6.07 Å². The van der Waals surface area contributed by atoms with Crippen LogP contribution in [0, 0.1) is 0 Å². The van der Waals surface area contributed by atoms with E-state index in [1.165, 1.54) is 0 Å². The van der Waals surface area contributed by atoms with Gasteiger partial charge in [-0.15, -0.1) is 0 Å². The molecule has 116 valence electrons. The van der Waals surface area contributed by atoms with Crippen LogP contribution in [0.4, 0.5) is 0 Å². The predicted molar refractivity (Wildman–Crippen MR) is 79.6 cm³/mol. The van der Waals surface area contributed by atoms with E-state index in [-0.39, 0.29) is 12.4 Å². The van der Waals surface area contributed by atoms with Crippen LogP contribution in [0.3, 0.4) is 0 Å². The molecule has 5 nitrogen and oxygen atoms in total. The Bertz CT molecular complexity index is 437. The van der Waals surface area contributed by atoms with Crippen molar-refractivity contribution in [1.29, 1.82) is 0 Å². The average molecular weight is 313 g/mol. The molecule has 3 heterocycles. The van der Waals surface area contributed by atoms with Crippen molar-refractivity contribution in [1.82, 2.24) is 9.88 Å². The molecular weight excluding hydrogens is 292 g/mol. The molecule has 2 fully saturated rings. The number of hydrogen-bond acceptors (Lipinski definition) is 5. The van der Waals surface area contributed by atoms with Gasteiger partial charge in [0.2, 0.25) is 5.88 Å². The summed E-state index contributed by atoms with van der Waals surface area (Å²) in [4.78, 5) is 6.61. The van der Waals surface area contributed by atoms with Crippen LogP contribution in [0.25, 0.3) is 0 Å². The zero-order chi connectivity index (χ0) is 14.5. The number of ether oxygens (including phenoxy) is 3. The molecule has 2 aliphatic rings. The first-order valence-corrected chi connectivity index (χ1v) is 7.91. The normalized spacial score (nSPS) is 24.3. The minimum atomic E-state index is -0.0239. The van der Waals surface area contributed by atoms with E-state index in [2.05, 4.69) is 9.88 Å². The van der Waals surface area contributed by atoms with Crippen molar-refractivity contribution in [3.63, 3.8) is 0 Å². The molecule has 0 bridgehead atoms. The maximum Gasteiger partial charge on any atom is 0.213 e. The van der Waals surface area contributed by atoms with E-state index < -0.39 is 0 Å². The van der Waals surface area contributed by atoms with Gasteiger partial charge < -0.3 is 14.2 Å². The van der Waals surface area contributed by atoms with E-state index in [0.29, 0.717) is 10.9 Å². The van der Waals surface area contributed by atoms with Gasteiger partial charge in [-0.05, 0) is 25.5 Å². The van der Waals surface area contributed by atoms with Crippen LogP contribution >= 0.6 is 11.6 Å². The molecule has 0 saturated carbocycles. The molecule has 0 radical (unpaired) electrons. The van der Waals surface area contributed by atoms with E-state index >= 15 is 0 Å². The molecule has 2 saturated heterocycles. The van der Waals surface area contributed by atoms with Gasteiger partial charge in [-0.1, -0.05) is 11.6 Å². The monoisotopic (exact) mass is 312 g/mol. The molecular formula is C15H21ClN2O3.